The largest absolute Gasteiger partial charge is 0.493 e. The van der Waals surface area contributed by atoms with Gasteiger partial charge in [0.15, 0.2) is 11.5 Å². The van der Waals surface area contributed by atoms with Gasteiger partial charge < -0.3 is 14.6 Å². The zero-order valence-corrected chi connectivity index (χ0v) is 15.5. The second-order valence-corrected chi connectivity index (χ2v) is 6.18. The molecule has 0 saturated heterocycles. The third-order valence-corrected chi connectivity index (χ3v) is 4.59. The van der Waals surface area contributed by atoms with Crippen LogP contribution in [0.1, 0.15) is 17.4 Å². The van der Waals surface area contributed by atoms with E-state index in [-0.39, 0.29) is 0 Å². The second-order valence-electron chi connectivity index (χ2n) is 6.18. The molecule has 3 heterocycles. The molecule has 140 valence electrons. The molecule has 1 N–H and O–H groups in total. The van der Waals surface area contributed by atoms with Gasteiger partial charge in [-0.1, -0.05) is 12.1 Å². The molecule has 0 radical (unpaired) electrons. The quantitative estimate of drug-likeness (QED) is 0.573. The lowest BCUT2D eigenvalue weighted by Gasteiger charge is -2.18. The lowest BCUT2D eigenvalue weighted by molar-refractivity contribution is 0.210. The smallest absolute Gasteiger partial charge is 0.166 e. The van der Waals surface area contributed by atoms with Crippen LogP contribution >= 0.6 is 0 Å². The molecule has 0 bridgehead atoms. The zero-order valence-electron chi connectivity index (χ0n) is 15.5. The molecule has 0 saturated carbocycles. The molecule has 1 aromatic carbocycles. The Hall–Kier alpha value is -3.51. The maximum atomic E-state index is 11.3. The maximum Gasteiger partial charge on any atom is 0.166 e. The third kappa shape index (κ3) is 3.14. The fourth-order valence-corrected chi connectivity index (χ4v) is 3.25. The van der Waals surface area contributed by atoms with E-state index in [4.69, 9.17) is 14.5 Å². The highest BCUT2D eigenvalue weighted by molar-refractivity contribution is 5.85. The highest BCUT2D eigenvalue weighted by atomic mass is 16.5. The van der Waals surface area contributed by atoms with E-state index >= 15 is 0 Å². The number of methoxy groups -OCH3 is 2. The van der Waals surface area contributed by atoms with Gasteiger partial charge in [0, 0.05) is 35.1 Å². The van der Waals surface area contributed by atoms with Crippen LogP contribution in [0.2, 0.25) is 0 Å². The van der Waals surface area contributed by atoms with Crippen molar-refractivity contribution in [2.45, 2.75) is 6.10 Å². The van der Waals surface area contributed by atoms with Gasteiger partial charge in [-0.3, -0.25) is 9.97 Å². The summed E-state index contributed by atoms with van der Waals surface area (Å²) in [5.41, 5.74) is 3.44. The first-order chi connectivity index (χ1) is 13.7. The first-order valence-electron chi connectivity index (χ1n) is 8.78. The Morgan fingerprint density at radius 1 is 0.929 bits per heavy atom. The van der Waals surface area contributed by atoms with Gasteiger partial charge in [-0.25, -0.2) is 4.98 Å². The van der Waals surface area contributed by atoms with E-state index in [1.165, 1.54) is 0 Å². The number of pyridine rings is 3. The van der Waals surface area contributed by atoms with Crippen molar-refractivity contribution in [2.75, 3.05) is 14.2 Å². The summed E-state index contributed by atoms with van der Waals surface area (Å²) in [6.45, 7) is 0. The number of fused-ring (bicyclic) bond motifs is 1. The second kappa shape index (κ2) is 7.62. The van der Waals surface area contributed by atoms with E-state index < -0.39 is 6.10 Å². The van der Waals surface area contributed by atoms with Crippen LogP contribution in [0, 0.1) is 0 Å². The van der Waals surface area contributed by atoms with Gasteiger partial charge in [0.25, 0.3) is 0 Å². The fourth-order valence-electron chi connectivity index (χ4n) is 3.25. The maximum absolute atomic E-state index is 11.3. The standard InChI is InChI=1S/C22H19N3O3/c1-27-19-7-3-5-16(22(19)28-2)21(26)20-15-6-4-10-24-18(15)13-17(25-20)14-8-11-23-12-9-14/h3-13,21,26H,1-2H3/t21-/m1/s1. The summed E-state index contributed by atoms with van der Waals surface area (Å²) in [5, 5.41) is 12.0. The first kappa shape index (κ1) is 17.9. The molecular formula is C22H19N3O3. The minimum absolute atomic E-state index is 0.477. The molecule has 0 amide bonds. The van der Waals surface area contributed by atoms with Crippen LogP contribution in [0.4, 0.5) is 0 Å². The molecule has 0 aliphatic heterocycles. The Kier molecular flexibility index (Phi) is 4.87. The van der Waals surface area contributed by atoms with Gasteiger partial charge in [0.1, 0.15) is 6.10 Å². The molecule has 0 unspecified atom stereocenters. The number of rotatable bonds is 5. The average molecular weight is 373 g/mol. The molecule has 3 aromatic heterocycles. The van der Waals surface area contributed by atoms with Crippen LogP contribution in [-0.2, 0) is 0 Å². The Bertz CT molecular complexity index is 1120. The zero-order chi connectivity index (χ0) is 19.5. The van der Waals surface area contributed by atoms with E-state index in [9.17, 15) is 5.11 Å². The number of aliphatic hydroxyl groups is 1. The van der Waals surface area contributed by atoms with Gasteiger partial charge >= 0.3 is 0 Å². The molecule has 0 spiro atoms. The minimum Gasteiger partial charge on any atom is -0.493 e. The molecule has 0 aliphatic rings. The molecule has 0 aliphatic carbocycles. The third-order valence-electron chi connectivity index (χ3n) is 4.59. The molecule has 1 atom stereocenters. The predicted octanol–water partition coefficient (Wildman–Crippen LogP) is 3.79. The number of benzene rings is 1. The van der Waals surface area contributed by atoms with Crippen LogP contribution in [0.3, 0.4) is 0 Å². The number of hydrogen-bond acceptors (Lipinski definition) is 6. The van der Waals surface area contributed by atoms with Crippen molar-refractivity contribution in [3.8, 4) is 22.8 Å². The summed E-state index contributed by atoms with van der Waals surface area (Å²) in [6.07, 6.45) is 4.13. The Balaban J connectivity index is 1.93. The van der Waals surface area contributed by atoms with Crippen LogP contribution in [0.25, 0.3) is 22.2 Å². The van der Waals surface area contributed by atoms with E-state index in [2.05, 4.69) is 9.97 Å². The molecule has 6 heteroatoms. The van der Waals surface area contributed by atoms with Crippen molar-refractivity contribution in [1.29, 1.82) is 0 Å². The van der Waals surface area contributed by atoms with Gasteiger partial charge in [0.05, 0.1) is 31.1 Å². The topological polar surface area (TPSA) is 77.4 Å². The summed E-state index contributed by atoms with van der Waals surface area (Å²) < 4.78 is 10.9. The van der Waals surface area contributed by atoms with Crippen molar-refractivity contribution in [1.82, 2.24) is 15.0 Å². The Labute approximate surface area is 162 Å². The number of aliphatic hydroxyl groups excluding tert-OH is 1. The summed E-state index contributed by atoms with van der Waals surface area (Å²) >= 11 is 0. The molecule has 4 rings (SSSR count). The van der Waals surface area contributed by atoms with Crippen molar-refractivity contribution >= 4 is 10.9 Å². The molecule has 6 nitrogen and oxygen atoms in total. The van der Waals surface area contributed by atoms with Crippen LogP contribution < -0.4 is 9.47 Å². The Morgan fingerprint density at radius 3 is 2.50 bits per heavy atom. The lowest BCUT2D eigenvalue weighted by atomic mass is 10.00. The highest BCUT2D eigenvalue weighted by Gasteiger charge is 2.23. The molecular weight excluding hydrogens is 354 g/mol. The summed E-state index contributed by atoms with van der Waals surface area (Å²) in [6, 6.07) is 14.8. The first-order valence-corrected chi connectivity index (χ1v) is 8.78. The van der Waals surface area contributed by atoms with Gasteiger partial charge in [-0.05, 0) is 36.4 Å². The van der Waals surface area contributed by atoms with Crippen LogP contribution in [0.5, 0.6) is 11.5 Å². The van der Waals surface area contributed by atoms with E-state index in [0.29, 0.717) is 28.5 Å². The minimum atomic E-state index is -1.02. The molecule has 0 fully saturated rings. The van der Waals surface area contributed by atoms with Crippen molar-refractivity contribution in [3.63, 3.8) is 0 Å². The van der Waals surface area contributed by atoms with E-state index in [0.717, 1.165) is 16.5 Å². The predicted molar refractivity (Wildman–Crippen MR) is 106 cm³/mol. The highest BCUT2D eigenvalue weighted by Crippen LogP contribution is 2.38. The van der Waals surface area contributed by atoms with E-state index in [1.807, 2.05) is 36.4 Å². The normalized spacial score (nSPS) is 12.0. The van der Waals surface area contributed by atoms with Crippen LogP contribution in [0.15, 0.2) is 67.1 Å². The molecule has 28 heavy (non-hydrogen) atoms. The monoisotopic (exact) mass is 373 g/mol. The fraction of sp³-hybridized carbons (Fsp3) is 0.136. The van der Waals surface area contributed by atoms with Crippen molar-refractivity contribution in [3.05, 3.63) is 78.4 Å². The van der Waals surface area contributed by atoms with Crippen molar-refractivity contribution in [2.24, 2.45) is 0 Å². The summed E-state index contributed by atoms with van der Waals surface area (Å²) in [7, 11) is 3.12. The number of ether oxygens (including phenoxy) is 2. The number of nitrogens with zero attached hydrogens (tertiary/aromatic N) is 3. The van der Waals surface area contributed by atoms with Gasteiger partial charge in [-0.2, -0.15) is 0 Å². The number of aromatic nitrogens is 3. The van der Waals surface area contributed by atoms with Crippen LogP contribution in [-0.4, -0.2) is 34.3 Å². The summed E-state index contributed by atoms with van der Waals surface area (Å²) in [5.74, 6) is 1.03. The Morgan fingerprint density at radius 2 is 1.75 bits per heavy atom. The van der Waals surface area contributed by atoms with E-state index in [1.54, 1.807) is 44.9 Å². The average Bonchev–Trinajstić information content (AvgIpc) is 2.77. The van der Waals surface area contributed by atoms with Gasteiger partial charge in [-0.15, -0.1) is 0 Å². The lowest BCUT2D eigenvalue weighted by Crippen LogP contribution is -2.07. The SMILES string of the molecule is COc1cccc([C@@H](O)c2nc(-c3ccncc3)cc3ncccc23)c1OC. The van der Waals surface area contributed by atoms with Gasteiger partial charge in [0.2, 0.25) is 0 Å². The number of para-hydroxylation sites is 1. The number of hydrogen-bond donors (Lipinski definition) is 1. The van der Waals surface area contributed by atoms with Crippen molar-refractivity contribution < 1.29 is 14.6 Å². The molecule has 4 aromatic rings. The summed E-state index contributed by atoms with van der Waals surface area (Å²) in [4.78, 5) is 13.3.